The van der Waals surface area contributed by atoms with E-state index in [0.29, 0.717) is 12.3 Å². The van der Waals surface area contributed by atoms with Gasteiger partial charge in [0.05, 0.1) is 23.7 Å². The number of ether oxygens (including phenoxy) is 1. The van der Waals surface area contributed by atoms with Crippen molar-refractivity contribution in [1.82, 2.24) is 4.98 Å². The summed E-state index contributed by atoms with van der Waals surface area (Å²) in [5.74, 6) is 0.539. The number of carbonyl (C=O) groups is 1. The monoisotopic (exact) mass is 287 g/mol. The summed E-state index contributed by atoms with van der Waals surface area (Å²) in [6.45, 7) is 1.63. The second kappa shape index (κ2) is 6.29. The van der Waals surface area contributed by atoms with Crippen molar-refractivity contribution in [2.24, 2.45) is 0 Å². The van der Waals surface area contributed by atoms with Crippen LogP contribution in [-0.2, 0) is 11.2 Å². The van der Waals surface area contributed by atoms with E-state index < -0.39 is 0 Å². The number of ketones is 1. The number of nitrogens with zero attached hydrogens (tertiary/aromatic N) is 1. The Bertz CT molecular complexity index is 573. The van der Waals surface area contributed by atoms with E-state index in [1.54, 1.807) is 11.3 Å². The molecule has 1 aromatic heterocycles. The Balaban J connectivity index is 1.66. The summed E-state index contributed by atoms with van der Waals surface area (Å²) in [7, 11) is 0. The number of hydrogen-bond donors (Lipinski definition) is 0. The SMILES string of the molecule is O=C(Cc1csc(C2CCCOC2)n1)c1ccccc1. The summed E-state index contributed by atoms with van der Waals surface area (Å²) in [5, 5.41) is 3.12. The fraction of sp³-hybridized carbons (Fsp3) is 0.375. The van der Waals surface area contributed by atoms with Crippen LogP contribution in [0.25, 0.3) is 0 Å². The number of Topliss-reactive ketones (excluding diaryl/α,β-unsaturated/α-hetero) is 1. The lowest BCUT2D eigenvalue weighted by molar-refractivity contribution is 0.0803. The molecule has 1 saturated heterocycles. The Morgan fingerprint density at radius 2 is 2.20 bits per heavy atom. The molecule has 1 aromatic carbocycles. The van der Waals surface area contributed by atoms with Crippen molar-refractivity contribution in [2.75, 3.05) is 13.2 Å². The van der Waals surface area contributed by atoms with Crippen molar-refractivity contribution in [3.63, 3.8) is 0 Å². The van der Waals surface area contributed by atoms with Crippen LogP contribution >= 0.6 is 11.3 Å². The summed E-state index contributed by atoms with van der Waals surface area (Å²) in [6, 6.07) is 9.40. The standard InChI is InChI=1S/C16H17NO2S/c18-15(12-5-2-1-3-6-12)9-14-11-20-16(17-14)13-7-4-8-19-10-13/h1-3,5-6,11,13H,4,7-10H2. The fourth-order valence-electron chi connectivity index (χ4n) is 2.42. The van der Waals surface area contributed by atoms with E-state index in [2.05, 4.69) is 4.98 Å². The molecule has 20 heavy (non-hydrogen) atoms. The van der Waals surface area contributed by atoms with Gasteiger partial charge in [-0.2, -0.15) is 0 Å². The largest absolute Gasteiger partial charge is 0.381 e. The van der Waals surface area contributed by atoms with E-state index in [1.807, 2.05) is 35.7 Å². The molecule has 0 amide bonds. The molecule has 1 aliphatic rings. The van der Waals surface area contributed by atoms with Crippen molar-refractivity contribution >= 4 is 17.1 Å². The zero-order chi connectivity index (χ0) is 13.8. The lowest BCUT2D eigenvalue weighted by atomic mass is 10.0. The van der Waals surface area contributed by atoms with Crippen LogP contribution in [0.4, 0.5) is 0 Å². The highest BCUT2D eigenvalue weighted by Crippen LogP contribution is 2.28. The summed E-state index contributed by atoms with van der Waals surface area (Å²) >= 11 is 1.65. The van der Waals surface area contributed by atoms with E-state index >= 15 is 0 Å². The molecule has 1 fully saturated rings. The van der Waals surface area contributed by atoms with Crippen LogP contribution in [-0.4, -0.2) is 24.0 Å². The first-order valence-corrected chi connectivity index (χ1v) is 7.81. The average Bonchev–Trinajstić information content (AvgIpc) is 2.97. The second-order valence-corrected chi connectivity index (χ2v) is 5.95. The number of carbonyl (C=O) groups excluding carboxylic acids is 1. The number of hydrogen-bond acceptors (Lipinski definition) is 4. The topological polar surface area (TPSA) is 39.2 Å². The molecule has 104 valence electrons. The highest BCUT2D eigenvalue weighted by atomic mass is 32.1. The molecule has 2 aromatic rings. The Hall–Kier alpha value is -1.52. The Kier molecular flexibility index (Phi) is 4.23. The van der Waals surface area contributed by atoms with Gasteiger partial charge in [0.2, 0.25) is 0 Å². The summed E-state index contributed by atoms with van der Waals surface area (Å²) < 4.78 is 5.50. The molecule has 0 bridgehead atoms. The minimum Gasteiger partial charge on any atom is -0.381 e. The third-order valence-corrected chi connectivity index (χ3v) is 4.57. The van der Waals surface area contributed by atoms with Gasteiger partial charge in [0, 0.05) is 23.5 Å². The quantitative estimate of drug-likeness (QED) is 0.808. The fourth-order valence-corrected chi connectivity index (χ4v) is 3.36. The predicted octanol–water partition coefficient (Wildman–Crippen LogP) is 3.46. The van der Waals surface area contributed by atoms with E-state index in [4.69, 9.17) is 4.74 Å². The molecule has 1 unspecified atom stereocenters. The van der Waals surface area contributed by atoms with Crippen LogP contribution in [0.3, 0.4) is 0 Å². The number of aromatic nitrogens is 1. The molecule has 4 heteroatoms. The molecule has 0 saturated carbocycles. The van der Waals surface area contributed by atoms with Gasteiger partial charge in [-0.3, -0.25) is 4.79 Å². The van der Waals surface area contributed by atoms with Crippen molar-refractivity contribution in [3.05, 3.63) is 52.0 Å². The van der Waals surface area contributed by atoms with Gasteiger partial charge in [-0.05, 0) is 12.8 Å². The lowest BCUT2D eigenvalue weighted by Crippen LogP contribution is -2.15. The second-order valence-electron chi connectivity index (χ2n) is 5.06. The molecule has 0 spiro atoms. The van der Waals surface area contributed by atoms with Crippen molar-refractivity contribution in [3.8, 4) is 0 Å². The average molecular weight is 287 g/mol. The first-order chi connectivity index (χ1) is 9.83. The highest BCUT2D eigenvalue weighted by molar-refractivity contribution is 7.09. The van der Waals surface area contributed by atoms with Gasteiger partial charge in [-0.15, -0.1) is 11.3 Å². The first kappa shape index (κ1) is 13.5. The molecule has 0 aliphatic carbocycles. The van der Waals surface area contributed by atoms with Crippen LogP contribution in [0.15, 0.2) is 35.7 Å². The van der Waals surface area contributed by atoms with Crippen molar-refractivity contribution < 1.29 is 9.53 Å². The van der Waals surface area contributed by atoms with E-state index in [0.717, 1.165) is 42.3 Å². The zero-order valence-corrected chi connectivity index (χ0v) is 12.1. The maximum absolute atomic E-state index is 12.1. The van der Waals surface area contributed by atoms with Gasteiger partial charge < -0.3 is 4.74 Å². The van der Waals surface area contributed by atoms with Crippen LogP contribution in [0.1, 0.15) is 39.8 Å². The Morgan fingerprint density at radius 3 is 2.95 bits per heavy atom. The normalized spacial score (nSPS) is 18.9. The number of rotatable bonds is 4. The number of thiazole rings is 1. The molecule has 0 N–H and O–H groups in total. The first-order valence-electron chi connectivity index (χ1n) is 6.93. The minimum atomic E-state index is 0.127. The van der Waals surface area contributed by atoms with Gasteiger partial charge >= 0.3 is 0 Å². The van der Waals surface area contributed by atoms with Gasteiger partial charge in [-0.1, -0.05) is 30.3 Å². The van der Waals surface area contributed by atoms with Crippen LogP contribution in [0, 0.1) is 0 Å². The molecular formula is C16H17NO2S. The number of benzene rings is 1. The summed E-state index contributed by atoms with van der Waals surface area (Å²) in [4.78, 5) is 16.8. The maximum atomic E-state index is 12.1. The highest BCUT2D eigenvalue weighted by Gasteiger charge is 2.20. The van der Waals surface area contributed by atoms with E-state index in [9.17, 15) is 4.79 Å². The third kappa shape index (κ3) is 3.14. The summed E-state index contributed by atoms with van der Waals surface area (Å²) in [5.41, 5.74) is 1.63. The van der Waals surface area contributed by atoms with Crippen molar-refractivity contribution in [2.45, 2.75) is 25.2 Å². The van der Waals surface area contributed by atoms with Gasteiger partial charge in [0.1, 0.15) is 0 Å². The molecule has 3 rings (SSSR count). The molecule has 1 aliphatic heterocycles. The molecule has 1 atom stereocenters. The third-order valence-electron chi connectivity index (χ3n) is 3.52. The molecule has 0 radical (unpaired) electrons. The Labute approximate surface area is 122 Å². The van der Waals surface area contributed by atoms with Gasteiger partial charge in [-0.25, -0.2) is 4.98 Å². The van der Waals surface area contributed by atoms with E-state index in [1.165, 1.54) is 0 Å². The minimum absolute atomic E-state index is 0.127. The molecular weight excluding hydrogens is 270 g/mol. The van der Waals surface area contributed by atoms with Gasteiger partial charge in [0.25, 0.3) is 0 Å². The van der Waals surface area contributed by atoms with Crippen molar-refractivity contribution in [1.29, 1.82) is 0 Å². The van der Waals surface area contributed by atoms with Gasteiger partial charge in [0.15, 0.2) is 5.78 Å². The van der Waals surface area contributed by atoms with Crippen LogP contribution in [0.2, 0.25) is 0 Å². The van der Waals surface area contributed by atoms with E-state index in [-0.39, 0.29) is 5.78 Å². The zero-order valence-electron chi connectivity index (χ0n) is 11.2. The summed E-state index contributed by atoms with van der Waals surface area (Å²) in [6.07, 6.45) is 2.62. The Morgan fingerprint density at radius 1 is 1.35 bits per heavy atom. The van der Waals surface area contributed by atoms with Crippen LogP contribution < -0.4 is 0 Å². The lowest BCUT2D eigenvalue weighted by Gasteiger charge is -2.19. The molecule has 3 nitrogen and oxygen atoms in total. The predicted molar refractivity (Wildman–Crippen MR) is 79.4 cm³/mol. The van der Waals surface area contributed by atoms with Crippen LogP contribution in [0.5, 0.6) is 0 Å². The maximum Gasteiger partial charge on any atom is 0.168 e. The molecule has 2 heterocycles. The smallest absolute Gasteiger partial charge is 0.168 e.